The molecule has 2 aliphatic carbocycles. The lowest BCUT2D eigenvalue weighted by molar-refractivity contribution is 0.0982. The molecular formula is C16H23N7O. The van der Waals surface area contributed by atoms with Gasteiger partial charge in [-0.05, 0) is 48.4 Å². The molecule has 0 aromatic carbocycles. The summed E-state index contributed by atoms with van der Waals surface area (Å²) in [6, 6.07) is 0.793. The van der Waals surface area contributed by atoms with E-state index in [-0.39, 0.29) is 12.1 Å². The lowest BCUT2D eigenvalue weighted by atomic mass is 10.1. The maximum atomic E-state index is 5.97. The molecule has 8 heteroatoms. The highest BCUT2D eigenvalue weighted by molar-refractivity contribution is 5.13. The van der Waals surface area contributed by atoms with Gasteiger partial charge in [0.05, 0.1) is 18.8 Å². The largest absolute Gasteiger partial charge is 0.372 e. The highest BCUT2D eigenvalue weighted by atomic mass is 16.5. The molecule has 0 radical (unpaired) electrons. The molecule has 0 unspecified atom stereocenters. The van der Waals surface area contributed by atoms with Crippen molar-refractivity contribution in [3.63, 3.8) is 0 Å². The maximum Gasteiger partial charge on any atom is 0.165 e. The van der Waals surface area contributed by atoms with Crippen LogP contribution >= 0.6 is 0 Å². The van der Waals surface area contributed by atoms with Crippen LogP contribution in [0.15, 0.2) is 12.4 Å². The molecule has 2 atom stereocenters. The third-order valence-corrected chi connectivity index (χ3v) is 5.19. The SMILES string of the molecule is c1nn(CC2CC2)cc1[C@H]1OCC[C@@H]1NCc1nnnn1C1CC1. The van der Waals surface area contributed by atoms with Crippen LogP contribution < -0.4 is 5.32 Å². The minimum atomic E-state index is 0.0724. The van der Waals surface area contributed by atoms with Gasteiger partial charge in [-0.3, -0.25) is 4.68 Å². The van der Waals surface area contributed by atoms with Gasteiger partial charge in [-0.2, -0.15) is 5.10 Å². The molecule has 8 nitrogen and oxygen atoms in total. The quantitative estimate of drug-likeness (QED) is 0.823. The zero-order valence-electron chi connectivity index (χ0n) is 13.7. The molecule has 1 N–H and O–H groups in total. The summed E-state index contributed by atoms with van der Waals surface area (Å²) >= 11 is 0. The van der Waals surface area contributed by atoms with Crippen molar-refractivity contribution >= 4 is 0 Å². The fraction of sp³-hybridized carbons (Fsp3) is 0.750. The topological polar surface area (TPSA) is 82.7 Å². The summed E-state index contributed by atoms with van der Waals surface area (Å²) in [6.45, 7) is 2.51. The van der Waals surface area contributed by atoms with Gasteiger partial charge in [0.25, 0.3) is 0 Å². The van der Waals surface area contributed by atoms with E-state index in [4.69, 9.17) is 4.74 Å². The molecule has 1 aliphatic heterocycles. The number of nitrogens with zero attached hydrogens (tertiary/aromatic N) is 6. The Kier molecular flexibility index (Phi) is 3.59. The molecule has 2 aromatic heterocycles. The van der Waals surface area contributed by atoms with Crippen LogP contribution in [0.25, 0.3) is 0 Å². The van der Waals surface area contributed by atoms with Gasteiger partial charge in [0.1, 0.15) is 6.10 Å². The van der Waals surface area contributed by atoms with Crippen LogP contribution in [0.1, 0.15) is 55.6 Å². The van der Waals surface area contributed by atoms with Crippen molar-refractivity contribution in [1.82, 2.24) is 35.3 Å². The van der Waals surface area contributed by atoms with E-state index in [1.54, 1.807) is 0 Å². The monoisotopic (exact) mass is 329 g/mol. The van der Waals surface area contributed by atoms with Crippen LogP contribution in [0.3, 0.4) is 0 Å². The summed E-state index contributed by atoms with van der Waals surface area (Å²) in [4.78, 5) is 0. The Morgan fingerprint density at radius 1 is 1.21 bits per heavy atom. The smallest absolute Gasteiger partial charge is 0.165 e. The van der Waals surface area contributed by atoms with E-state index in [1.165, 1.54) is 31.2 Å². The second-order valence-corrected chi connectivity index (χ2v) is 7.28. The van der Waals surface area contributed by atoms with Crippen LogP contribution in [0.4, 0.5) is 0 Å². The predicted molar refractivity (Wildman–Crippen MR) is 85.0 cm³/mol. The average molecular weight is 329 g/mol. The number of hydrogen-bond donors (Lipinski definition) is 1. The first-order valence-electron chi connectivity index (χ1n) is 9.01. The van der Waals surface area contributed by atoms with Crippen molar-refractivity contribution in [1.29, 1.82) is 0 Å². The summed E-state index contributed by atoms with van der Waals surface area (Å²) in [5.41, 5.74) is 1.17. The molecule has 3 heterocycles. The molecule has 2 aromatic rings. The summed E-state index contributed by atoms with van der Waals surface area (Å²) < 4.78 is 10.0. The molecule has 2 saturated carbocycles. The van der Waals surface area contributed by atoms with Crippen LogP contribution in [-0.2, 0) is 17.8 Å². The highest BCUT2D eigenvalue weighted by Gasteiger charge is 2.32. The second kappa shape index (κ2) is 5.93. The van der Waals surface area contributed by atoms with Crippen molar-refractivity contribution in [2.45, 2.75) is 63.4 Å². The predicted octanol–water partition coefficient (Wildman–Crippen LogP) is 1.23. The van der Waals surface area contributed by atoms with E-state index in [0.29, 0.717) is 12.6 Å². The fourth-order valence-electron chi connectivity index (χ4n) is 3.47. The molecule has 5 rings (SSSR count). The number of nitrogens with one attached hydrogen (secondary N) is 1. The van der Waals surface area contributed by atoms with E-state index in [0.717, 1.165) is 31.3 Å². The Hall–Kier alpha value is -1.80. The summed E-state index contributed by atoms with van der Waals surface area (Å²) in [7, 11) is 0. The zero-order valence-corrected chi connectivity index (χ0v) is 13.7. The van der Waals surface area contributed by atoms with Gasteiger partial charge in [-0.1, -0.05) is 0 Å². The van der Waals surface area contributed by atoms with E-state index < -0.39 is 0 Å². The van der Waals surface area contributed by atoms with Gasteiger partial charge >= 0.3 is 0 Å². The molecule has 128 valence electrons. The van der Waals surface area contributed by atoms with Gasteiger partial charge in [0, 0.05) is 31.0 Å². The molecule has 1 saturated heterocycles. The van der Waals surface area contributed by atoms with Crippen molar-refractivity contribution in [3.8, 4) is 0 Å². The van der Waals surface area contributed by atoms with Crippen LogP contribution in [-0.4, -0.2) is 42.6 Å². The first kappa shape index (κ1) is 14.5. The maximum absolute atomic E-state index is 5.97. The summed E-state index contributed by atoms with van der Waals surface area (Å²) in [6.07, 6.45) is 10.2. The standard InChI is InChI=1S/C16H23N7O/c1-2-11(1)9-22-10-12(7-18-22)16-14(5-6-24-16)17-8-15-19-20-21-23(15)13-3-4-13/h7,10-11,13-14,16-17H,1-6,8-9H2/t14-,16+/m0/s1. The third-order valence-electron chi connectivity index (χ3n) is 5.19. The molecule has 3 fully saturated rings. The average Bonchev–Trinajstić information content (AvgIpc) is 3.43. The van der Waals surface area contributed by atoms with Gasteiger partial charge in [-0.15, -0.1) is 5.10 Å². The first-order valence-corrected chi connectivity index (χ1v) is 9.01. The van der Waals surface area contributed by atoms with E-state index in [2.05, 4.69) is 36.8 Å². The number of tetrazole rings is 1. The molecular weight excluding hydrogens is 306 g/mol. The van der Waals surface area contributed by atoms with Crippen molar-refractivity contribution in [2.24, 2.45) is 5.92 Å². The molecule has 0 spiro atoms. The van der Waals surface area contributed by atoms with Gasteiger partial charge in [0.15, 0.2) is 5.82 Å². The Bertz CT molecular complexity index is 703. The molecule has 0 bridgehead atoms. The third kappa shape index (κ3) is 2.95. The minimum Gasteiger partial charge on any atom is -0.372 e. The van der Waals surface area contributed by atoms with Crippen molar-refractivity contribution < 1.29 is 4.74 Å². The molecule has 0 amide bonds. The van der Waals surface area contributed by atoms with Crippen LogP contribution in [0, 0.1) is 5.92 Å². The fourth-order valence-corrected chi connectivity index (χ4v) is 3.47. The zero-order chi connectivity index (χ0) is 15.9. The van der Waals surface area contributed by atoms with Gasteiger partial charge in [-0.25, -0.2) is 4.68 Å². The Labute approximate surface area is 140 Å². The lowest BCUT2D eigenvalue weighted by Gasteiger charge is -2.18. The number of aromatic nitrogens is 6. The van der Waals surface area contributed by atoms with Gasteiger partial charge < -0.3 is 10.1 Å². The lowest BCUT2D eigenvalue weighted by Crippen LogP contribution is -2.32. The minimum absolute atomic E-state index is 0.0724. The summed E-state index contributed by atoms with van der Waals surface area (Å²) in [5, 5.41) is 20.2. The number of rotatable bonds is 7. The summed E-state index contributed by atoms with van der Waals surface area (Å²) in [5.74, 6) is 1.75. The van der Waals surface area contributed by atoms with E-state index >= 15 is 0 Å². The van der Waals surface area contributed by atoms with Gasteiger partial charge in [0.2, 0.25) is 0 Å². The normalized spacial score (nSPS) is 27.0. The van der Waals surface area contributed by atoms with Crippen LogP contribution in [0.5, 0.6) is 0 Å². The second-order valence-electron chi connectivity index (χ2n) is 7.28. The Balaban J connectivity index is 1.23. The van der Waals surface area contributed by atoms with Crippen molar-refractivity contribution in [2.75, 3.05) is 6.61 Å². The molecule has 3 aliphatic rings. The van der Waals surface area contributed by atoms with Crippen LogP contribution in [0.2, 0.25) is 0 Å². The van der Waals surface area contributed by atoms with E-state index in [9.17, 15) is 0 Å². The molecule has 24 heavy (non-hydrogen) atoms. The Morgan fingerprint density at radius 2 is 2.12 bits per heavy atom. The number of ether oxygens (including phenoxy) is 1. The first-order chi connectivity index (χ1) is 11.9. The number of hydrogen-bond acceptors (Lipinski definition) is 6. The van der Waals surface area contributed by atoms with Crippen molar-refractivity contribution in [3.05, 3.63) is 23.8 Å². The van der Waals surface area contributed by atoms with E-state index in [1.807, 2.05) is 10.9 Å². The highest BCUT2D eigenvalue weighted by Crippen LogP contribution is 2.35. The Morgan fingerprint density at radius 3 is 2.96 bits per heavy atom.